The van der Waals surface area contributed by atoms with Gasteiger partial charge in [0.25, 0.3) is 0 Å². The Labute approximate surface area is 146 Å². The lowest BCUT2D eigenvalue weighted by molar-refractivity contribution is 0.0855. The van der Waals surface area contributed by atoms with Crippen LogP contribution in [0.1, 0.15) is 18.1 Å². The highest BCUT2D eigenvalue weighted by atomic mass is 16.7. The van der Waals surface area contributed by atoms with Gasteiger partial charge in [0, 0.05) is 0 Å². The number of nitrogens with zero attached hydrogens (tertiary/aromatic N) is 1. The van der Waals surface area contributed by atoms with Crippen molar-refractivity contribution in [2.45, 2.75) is 12.5 Å². The van der Waals surface area contributed by atoms with Crippen LogP contribution in [0.25, 0.3) is 0 Å². The first-order valence-electron chi connectivity index (χ1n) is 8.15. The van der Waals surface area contributed by atoms with Gasteiger partial charge in [-0.25, -0.2) is 0 Å². The molecule has 0 unspecified atom stereocenters. The van der Waals surface area contributed by atoms with Crippen molar-refractivity contribution in [2.24, 2.45) is 5.16 Å². The minimum Gasteiger partial charge on any atom is -0.457 e. The highest BCUT2D eigenvalue weighted by molar-refractivity contribution is 5.79. The number of para-hydroxylation sites is 2. The Morgan fingerprint density at radius 2 is 1.24 bits per heavy atom. The molecule has 1 aliphatic rings. The number of hydrogen-bond acceptors (Lipinski definition) is 4. The Kier molecular flexibility index (Phi) is 4.33. The molecule has 3 aromatic rings. The van der Waals surface area contributed by atoms with E-state index in [0.717, 1.165) is 22.8 Å². The van der Waals surface area contributed by atoms with E-state index < -0.39 is 0 Å². The minimum absolute atomic E-state index is 0.135. The molecule has 1 atom stereocenters. The van der Waals surface area contributed by atoms with Crippen molar-refractivity contribution < 1.29 is 14.3 Å². The van der Waals surface area contributed by atoms with E-state index in [1.807, 2.05) is 84.9 Å². The molecule has 4 nitrogen and oxygen atoms in total. The Morgan fingerprint density at radius 1 is 0.680 bits per heavy atom. The van der Waals surface area contributed by atoms with Gasteiger partial charge in [-0.3, -0.25) is 0 Å². The summed E-state index contributed by atoms with van der Waals surface area (Å²) < 4.78 is 11.5. The molecular formula is C21H17NO3. The van der Waals surface area contributed by atoms with Crippen molar-refractivity contribution in [1.29, 1.82) is 0 Å². The third-order valence-electron chi connectivity index (χ3n) is 3.85. The Morgan fingerprint density at radius 3 is 1.88 bits per heavy atom. The third-order valence-corrected chi connectivity index (χ3v) is 3.85. The molecule has 0 amide bonds. The smallest absolute Gasteiger partial charge is 0.235 e. The summed E-state index contributed by atoms with van der Waals surface area (Å²) in [5.74, 6) is 2.95. The van der Waals surface area contributed by atoms with Gasteiger partial charge in [0.15, 0.2) is 6.10 Å². The predicted molar refractivity (Wildman–Crippen MR) is 95.9 cm³/mol. The van der Waals surface area contributed by atoms with E-state index in [0.29, 0.717) is 12.3 Å². The average molecular weight is 331 g/mol. The van der Waals surface area contributed by atoms with Crippen LogP contribution in [0.4, 0.5) is 0 Å². The van der Waals surface area contributed by atoms with E-state index in [1.54, 1.807) is 0 Å². The van der Waals surface area contributed by atoms with Crippen LogP contribution in [0.5, 0.6) is 17.2 Å². The Balaban J connectivity index is 1.37. The largest absolute Gasteiger partial charge is 0.457 e. The summed E-state index contributed by atoms with van der Waals surface area (Å²) in [5, 5.41) is 4.04. The maximum absolute atomic E-state index is 5.80. The van der Waals surface area contributed by atoms with Gasteiger partial charge in [0.05, 0.1) is 6.42 Å². The lowest BCUT2D eigenvalue weighted by Gasteiger charge is -2.10. The van der Waals surface area contributed by atoms with E-state index >= 15 is 0 Å². The second-order valence-corrected chi connectivity index (χ2v) is 5.68. The summed E-state index contributed by atoms with van der Waals surface area (Å²) >= 11 is 0. The number of rotatable bonds is 4. The van der Waals surface area contributed by atoms with Crippen LogP contribution in [-0.4, -0.2) is 5.90 Å². The molecule has 25 heavy (non-hydrogen) atoms. The van der Waals surface area contributed by atoms with Crippen molar-refractivity contribution in [3.05, 3.63) is 90.5 Å². The quantitative estimate of drug-likeness (QED) is 0.648. The molecule has 0 bridgehead atoms. The van der Waals surface area contributed by atoms with Gasteiger partial charge < -0.3 is 14.3 Å². The Hall–Kier alpha value is -3.27. The summed E-state index contributed by atoms with van der Waals surface area (Å²) in [5.41, 5.74) is 1.04. The highest BCUT2D eigenvalue weighted by Gasteiger charge is 2.24. The number of ether oxygens (including phenoxy) is 2. The lowest BCUT2D eigenvalue weighted by atomic mass is 10.1. The van der Waals surface area contributed by atoms with E-state index in [1.165, 1.54) is 0 Å². The van der Waals surface area contributed by atoms with Crippen LogP contribution in [0.3, 0.4) is 0 Å². The van der Waals surface area contributed by atoms with Gasteiger partial charge in [0.1, 0.15) is 17.2 Å². The van der Waals surface area contributed by atoms with Crippen molar-refractivity contribution in [3.63, 3.8) is 0 Å². The summed E-state index contributed by atoms with van der Waals surface area (Å²) in [4.78, 5) is 5.50. The monoisotopic (exact) mass is 331 g/mol. The van der Waals surface area contributed by atoms with Crippen molar-refractivity contribution in [1.82, 2.24) is 0 Å². The van der Waals surface area contributed by atoms with Crippen molar-refractivity contribution >= 4 is 5.90 Å². The SMILES string of the molecule is c1ccc(OC2=NO[C@H](c3ccc(Oc4ccccc4)cc3)C2)cc1. The molecule has 1 heterocycles. The van der Waals surface area contributed by atoms with E-state index in [9.17, 15) is 0 Å². The highest BCUT2D eigenvalue weighted by Crippen LogP contribution is 2.30. The fourth-order valence-electron chi connectivity index (χ4n) is 2.59. The zero-order valence-electron chi connectivity index (χ0n) is 13.5. The van der Waals surface area contributed by atoms with Gasteiger partial charge in [0.2, 0.25) is 5.90 Å². The van der Waals surface area contributed by atoms with Gasteiger partial charge in [-0.05, 0) is 42.0 Å². The number of benzene rings is 3. The molecule has 124 valence electrons. The summed E-state index contributed by atoms with van der Waals surface area (Å²) in [7, 11) is 0. The van der Waals surface area contributed by atoms with Crippen LogP contribution >= 0.6 is 0 Å². The summed E-state index contributed by atoms with van der Waals surface area (Å²) in [6, 6.07) is 27.1. The Bertz CT molecular complexity index is 845. The molecule has 3 aromatic carbocycles. The van der Waals surface area contributed by atoms with Crippen molar-refractivity contribution in [2.75, 3.05) is 0 Å². The number of hydrogen-bond donors (Lipinski definition) is 0. The molecule has 0 N–H and O–H groups in total. The molecule has 0 radical (unpaired) electrons. The normalized spacial score (nSPS) is 16.0. The van der Waals surface area contributed by atoms with Gasteiger partial charge in [-0.1, -0.05) is 53.7 Å². The fourth-order valence-corrected chi connectivity index (χ4v) is 2.59. The van der Waals surface area contributed by atoms with Crippen LogP contribution in [-0.2, 0) is 4.84 Å². The van der Waals surface area contributed by atoms with E-state index in [-0.39, 0.29) is 6.10 Å². The van der Waals surface area contributed by atoms with Crippen LogP contribution in [0.15, 0.2) is 90.1 Å². The molecular weight excluding hydrogens is 314 g/mol. The van der Waals surface area contributed by atoms with Crippen LogP contribution < -0.4 is 9.47 Å². The van der Waals surface area contributed by atoms with E-state index in [2.05, 4.69) is 5.16 Å². The topological polar surface area (TPSA) is 40.0 Å². The van der Waals surface area contributed by atoms with Gasteiger partial charge in [-0.2, -0.15) is 0 Å². The van der Waals surface area contributed by atoms with E-state index in [4.69, 9.17) is 14.3 Å². The maximum Gasteiger partial charge on any atom is 0.235 e. The van der Waals surface area contributed by atoms with Gasteiger partial charge in [-0.15, -0.1) is 0 Å². The van der Waals surface area contributed by atoms with Gasteiger partial charge >= 0.3 is 0 Å². The van der Waals surface area contributed by atoms with Crippen molar-refractivity contribution in [3.8, 4) is 17.2 Å². The molecule has 0 saturated carbocycles. The first-order valence-corrected chi connectivity index (χ1v) is 8.15. The predicted octanol–water partition coefficient (Wildman–Crippen LogP) is 5.33. The number of oxime groups is 1. The lowest BCUT2D eigenvalue weighted by Crippen LogP contribution is -2.07. The third kappa shape index (κ3) is 3.80. The molecule has 4 heteroatoms. The molecule has 0 fully saturated rings. The first kappa shape index (κ1) is 15.3. The molecule has 0 saturated heterocycles. The standard InChI is InChI=1S/C21H17NO3/c1-3-7-17(8-4-1)23-19-13-11-16(12-14-19)20-15-21(22-25-20)24-18-9-5-2-6-10-18/h1-14,20H,15H2/t20-/m0/s1. The second kappa shape index (κ2) is 7.09. The van der Waals surface area contributed by atoms with Crippen LogP contribution in [0, 0.1) is 0 Å². The molecule has 1 aliphatic heterocycles. The molecule has 4 rings (SSSR count). The summed E-state index contributed by atoms with van der Waals surface area (Å²) in [6.45, 7) is 0. The zero-order chi connectivity index (χ0) is 16.9. The van der Waals surface area contributed by atoms with Crippen LogP contribution in [0.2, 0.25) is 0 Å². The molecule has 0 spiro atoms. The molecule has 0 aromatic heterocycles. The maximum atomic E-state index is 5.80. The zero-order valence-corrected chi connectivity index (χ0v) is 13.5. The summed E-state index contributed by atoms with van der Waals surface area (Å²) in [6.07, 6.45) is 0.470. The molecule has 0 aliphatic carbocycles. The fraction of sp³-hybridized carbons (Fsp3) is 0.0952. The average Bonchev–Trinajstić information content (AvgIpc) is 3.12. The second-order valence-electron chi connectivity index (χ2n) is 5.68. The minimum atomic E-state index is -0.135. The first-order chi connectivity index (χ1) is 12.4.